The predicted molar refractivity (Wildman–Crippen MR) is 75.8 cm³/mol. The predicted octanol–water partition coefficient (Wildman–Crippen LogP) is 3.31. The van der Waals surface area contributed by atoms with Crippen LogP contribution in [0.5, 0.6) is 5.75 Å². The Hall–Kier alpha value is -2.31. The molecule has 0 radical (unpaired) electrons. The Morgan fingerprint density at radius 3 is 2.60 bits per heavy atom. The van der Waals surface area contributed by atoms with Gasteiger partial charge in [0.2, 0.25) is 0 Å². The van der Waals surface area contributed by atoms with Crippen molar-refractivity contribution >= 4 is 0 Å². The lowest BCUT2D eigenvalue weighted by molar-refractivity contribution is 0.198. The van der Waals surface area contributed by atoms with E-state index < -0.39 is 11.9 Å². The average molecular weight is 270 g/mol. The van der Waals surface area contributed by atoms with Gasteiger partial charge in [0.05, 0.1) is 6.10 Å². The van der Waals surface area contributed by atoms with Crippen molar-refractivity contribution < 1.29 is 14.2 Å². The number of aliphatic hydroxyl groups excluding tert-OH is 1. The fourth-order valence-corrected chi connectivity index (χ4v) is 1.67. The molecule has 20 heavy (non-hydrogen) atoms. The van der Waals surface area contributed by atoms with Crippen molar-refractivity contribution in [2.75, 3.05) is 6.61 Å². The summed E-state index contributed by atoms with van der Waals surface area (Å²) in [4.78, 5) is 0. The van der Waals surface area contributed by atoms with Gasteiger partial charge in [-0.05, 0) is 36.8 Å². The molecule has 1 N–H and O–H groups in total. The van der Waals surface area contributed by atoms with Crippen LogP contribution in [0.1, 0.15) is 24.2 Å². The molecule has 0 aliphatic rings. The summed E-state index contributed by atoms with van der Waals surface area (Å²) in [7, 11) is 0. The van der Waals surface area contributed by atoms with E-state index in [9.17, 15) is 9.50 Å². The Bertz CT molecular complexity index is 624. The molecule has 2 aromatic rings. The van der Waals surface area contributed by atoms with Gasteiger partial charge in [-0.25, -0.2) is 4.39 Å². The lowest BCUT2D eigenvalue weighted by atomic mass is 10.1. The van der Waals surface area contributed by atoms with Gasteiger partial charge in [-0.15, -0.1) is 0 Å². The van der Waals surface area contributed by atoms with Gasteiger partial charge < -0.3 is 9.84 Å². The molecule has 0 aromatic heterocycles. The summed E-state index contributed by atoms with van der Waals surface area (Å²) in [5.41, 5.74) is 1.41. The molecule has 1 atom stereocenters. The maximum absolute atomic E-state index is 13.7. The van der Waals surface area contributed by atoms with Crippen molar-refractivity contribution in [3.05, 3.63) is 65.5 Å². The molecule has 0 heterocycles. The second-order valence-corrected chi connectivity index (χ2v) is 4.32. The fourth-order valence-electron chi connectivity index (χ4n) is 1.67. The zero-order chi connectivity index (χ0) is 14.4. The number of benzene rings is 2. The summed E-state index contributed by atoms with van der Waals surface area (Å²) in [6.07, 6.45) is -0.698. The van der Waals surface area contributed by atoms with E-state index in [4.69, 9.17) is 4.74 Å². The maximum Gasteiger partial charge on any atom is 0.165 e. The number of aliphatic hydroxyl groups is 1. The molecule has 0 saturated carbocycles. The normalized spacial score (nSPS) is 11.3. The summed E-state index contributed by atoms with van der Waals surface area (Å²) >= 11 is 0. The van der Waals surface area contributed by atoms with Gasteiger partial charge in [-0.1, -0.05) is 36.1 Å². The highest BCUT2D eigenvalue weighted by Gasteiger charge is 2.07. The number of hydrogen-bond donors (Lipinski definition) is 1. The first-order chi connectivity index (χ1) is 9.66. The van der Waals surface area contributed by atoms with E-state index in [2.05, 4.69) is 11.8 Å². The third-order valence-electron chi connectivity index (χ3n) is 2.74. The van der Waals surface area contributed by atoms with Gasteiger partial charge in [0.15, 0.2) is 11.6 Å². The van der Waals surface area contributed by atoms with Crippen LogP contribution in [0.15, 0.2) is 48.5 Å². The van der Waals surface area contributed by atoms with Crippen LogP contribution in [-0.2, 0) is 0 Å². The third-order valence-corrected chi connectivity index (χ3v) is 2.74. The summed E-state index contributed by atoms with van der Waals surface area (Å²) < 4.78 is 18.9. The molecule has 0 amide bonds. The first-order valence-electron chi connectivity index (χ1n) is 6.31. The highest BCUT2D eigenvalue weighted by atomic mass is 19.1. The highest BCUT2D eigenvalue weighted by molar-refractivity contribution is 5.34. The molecule has 102 valence electrons. The summed E-state index contributed by atoms with van der Waals surface area (Å²) in [5, 5.41) is 9.35. The van der Waals surface area contributed by atoms with Gasteiger partial charge in [-0.2, -0.15) is 0 Å². The lowest BCUT2D eigenvalue weighted by Crippen LogP contribution is -1.99. The van der Waals surface area contributed by atoms with E-state index in [0.717, 1.165) is 5.56 Å². The third kappa shape index (κ3) is 3.84. The second-order valence-electron chi connectivity index (χ2n) is 4.32. The quantitative estimate of drug-likeness (QED) is 0.867. The van der Waals surface area contributed by atoms with Crippen LogP contribution >= 0.6 is 0 Å². The maximum atomic E-state index is 13.7. The number of rotatable bonds is 3. The van der Waals surface area contributed by atoms with Crippen molar-refractivity contribution in [3.63, 3.8) is 0 Å². The van der Waals surface area contributed by atoms with E-state index in [1.54, 1.807) is 13.0 Å². The minimum Gasteiger partial charge on any atom is -0.478 e. The molecule has 0 spiro atoms. The molecule has 0 saturated heterocycles. The van der Waals surface area contributed by atoms with Gasteiger partial charge in [-0.3, -0.25) is 0 Å². The molecule has 2 rings (SSSR count). The molecule has 0 aliphatic heterocycles. The number of hydrogen-bond acceptors (Lipinski definition) is 2. The van der Waals surface area contributed by atoms with Crippen LogP contribution in [0.25, 0.3) is 0 Å². The summed E-state index contributed by atoms with van der Waals surface area (Å²) in [6.45, 7) is 1.69. The smallest absolute Gasteiger partial charge is 0.165 e. The van der Waals surface area contributed by atoms with Gasteiger partial charge in [0, 0.05) is 5.56 Å². The van der Waals surface area contributed by atoms with Crippen molar-refractivity contribution in [1.29, 1.82) is 0 Å². The minimum atomic E-state index is -0.698. The Kier molecular flexibility index (Phi) is 4.75. The zero-order valence-corrected chi connectivity index (χ0v) is 11.1. The zero-order valence-electron chi connectivity index (χ0n) is 11.1. The molecular weight excluding hydrogens is 255 g/mol. The molecule has 0 fully saturated rings. The van der Waals surface area contributed by atoms with E-state index >= 15 is 0 Å². The SMILES string of the molecule is CC(O)c1ccc(OCC#Cc2ccccc2)c(F)c1. The Balaban J connectivity index is 1.97. The van der Waals surface area contributed by atoms with Crippen molar-refractivity contribution in [1.82, 2.24) is 0 Å². The molecule has 3 heteroatoms. The first kappa shape index (κ1) is 14.1. The highest BCUT2D eigenvalue weighted by Crippen LogP contribution is 2.21. The van der Waals surface area contributed by atoms with Crippen molar-refractivity contribution in [2.45, 2.75) is 13.0 Å². The van der Waals surface area contributed by atoms with Crippen LogP contribution in [-0.4, -0.2) is 11.7 Å². The lowest BCUT2D eigenvalue weighted by Gasteiger charge is -2.08. The van der Waals surface area contributed by atoms with Crippen LogP contribution < -0.4 is 4.74 Å². The molecule has 1 unspecified atom stereocenters. The Morgan fingerprint density at radius 2 is 1.95 bits per heavy atom. The largest absolute Gasteiger partial charge is 0.478 e. The number of halogens is 1. The van der Waals surface area contributed by atoms with Crippen molar-refractivity contribution in [3.8, 4) is 17.6 Å². The topological polar surface area (TPSA) is 29.5 Å². The Morgan fingerprint density at radius 1 is 1.20 bits per heavy atom. The molecule has 2 aromatic carbocycles. The van der Waals surface area contributed by atoms with E-state index in [0.29, 0.717) is 5.56 Å². The van der Waals surface area contributed by atoms with Crippen LogP contribution in [0.2, 0.25) is 0 Å². The number of ether oxygens (including phenoxy) is 1. The molecular formula is C17H15FO2. The monoisotopic (exact) mass is 270 g/mol. The summed E-state index contributed by atoms with van der Waals surface area (Å²) in [5.74, 6) is 5.39. The molecule has 2 nitrogen and oxygen atoms in total. The van der Waals surface area contributed by atoms with E-state index in [1.165, 1.54) is 12.1 Å². The van der Waals surface area contributed by atoms with Crippen molar-refractivity contribution in [2.24, 2.45) is 0 Å². The second kappa shape index (κ2) is 6.74. The van der Waals surface area contributed by atoms with E-state index in [1.807, 2.05) is 30.3 Å². The summed E-state index contributed by atoms with van der Waals surface area (Å²) in [6, 6.07) is 13.9. The standard InChI is InChI=1S/C17H15FO2/c1-13(19)15-9-10-17(16(18)12-15)20-11-5-8-14-6-3-2-4-7-14/h2-4,6-7,9-10,12-13,19H,11H2,1H3. The van der Waals surface area contributed by atoms with Gasteiger partial charge >= 0.3 is 0 Å². The van der Waals surface area contributed by atoms with Gasteiger partial charge in [0.1, 0.15) is 6.61 Å². The molecule has 0 aliphatic carbocycles. The molecule has 0 bridgehead atoms. The fraction of sp³-hybridized carbons (Fsp3) is 0.176. The Labute approximate surface area is 117 Å². The minimum absolute atomic E-state index is 0.111. The van der Waals surface area contributed by atoms with Gasteiger partial charge in [0.25, 0.3) is 0 Å². The average Bonchev–Trinajstić information content (AvgIpc) is 2.46. The van der Waals surface area contributed by atoms with Crippen LogP contribution in [0.4, 0.5) is 4.39 Å². The van der Waals surface area contributed by atoms with E-state index in [-0.39, 0.29) is 12.4 Å². The van der Waals surface area contributed by atoms with Crippen LogP contribution in [0, 0.1) is 17.7 Å². The first-order valence-corrected chi connectivity index (χ1v) is 6.31. The van der Waals surface area contributed by atoms with Crippen LogP contribution in [0.3, 0.4) is 0 Å².